The van der Waals surface area contributed by atoms with Crippen molar-refractivity contribution in [3.63, 3.8) is 0 Å². The van der Waals surface area contributed by atoms with Gasteiger partial charge in [-0.15, -0.1) is 0 Å². The van der Waals surface area contributed by atoms with E-state index in [2.05, 4.69) is 19.1 Å². The molecule has 0 radical (unpaired) electrons. The zero-order valence-corrected chi connectivity index (χ0v) is 9.34. The SMILES string of the molecule is Cc1ccccc1.O=[N+]([O-])c1ccc(F)cc1. The molecule has 0 atom stereocenters. The number of non-ortho nitro benzene ring substituents is 1. The van der Waals surface area contributed by atoms with Crippen LogP contribution in [0.1, 0.15) is 5.56 Å². The van der Waals surface area contributed by atoms with Crippen LogP contribution in [0.5, 0.6) is 0 Å². The largest absolute Gasteiger partial charge is 0.269 e. The fourth-order valence-corrected chi connectivity index (χ4v) is 1.10. The fourth-order valence-electron chi connectivity index (χ4n) is 1.10. The van der Waals surface area contributed by atoms with E-state index in [-0.39, 0.29) is 5.69 Å². The Balaban J connectivity index is 0.000000181. The average Bonchev–Trinajstić information content (AvgIpc) is 2.31. The van der Waals surface area contributed by atoms with E-state index in [0.717, 1.165) is 24.3 Å². The number of nitrogens with zero attached hydrogens (tertiary/aromatic N) is 1. The summed E-state index contributed by atoms with van der Waals surface area (Å²) in [4.78, 5) is 9.43. The molecule has 0 bridgehead atoms. The number of nitro groups is 1. The highest BCUT2D eigenvalue weighted by Crippen LogP contribution is 2.09. The molecule has 0 aromatic heterocycles. The van der Waals surface area contributed by atoms with E-state index in [0.29, 0.717) is 0 Å². The summed E-state index contributed by atoms with van der Waals surface area (Å²) < 4.78 is 12.1. The van der Waals surface area contributed by atoms with Crippen molar-refractivity contribution in [1.29, 1.82) is 0 Å². The maximum absolute atomic E-state index is 12.1. The molecule has 0 aliphatic carbocycles. The van der Waals surface area contributed by atoms with Crippen LogP contribution in [-0.4, -0.2) is 4.92 Å². The molecule has 2 rings (SSSR count). The maximum Gasteiger partial charge on any atom is 0.269 e. The molecular formula is C13H12FNO2. The van der Waals surface area contributed by atoms with Gasteiger partial charge in [-0.1, -0.05) is 35.9 Å². The topological polar surface area (TPSA) is 43.1 Å². The normalized spacial score (nSPS) is 9.06. The summed E-state index contributed by atoms with van der Waals surface area (Å²) in [5.74, 6) is -0.467. The molecule has 3 nitrogen and oxygen atoms in total. The lowest BCUT2D eigenvalue weighted by Gasteiger charge is -1.87. The molecular weight excluding hydrogens is 221 g/mol. The minimum Gasteiger partial charge on any atom is -0.258 e. The van der Waals surface area contributed by atoms with E-state index in [1.807, 2.05) is 18.2 Å². The lowest BCUT2D eigenvalue weighted by molar-refractivity contribution is -0.384. The molecule has 2 aromatic rings. The Morgan fingerprint density at radius 2 is 1.53 bits per heavy atom. The van der Waals surface area contributed by atoms with Crippen LogP contribution in [0, 0.1) is 22.9 Å². The molecule has 17 heavy (non-hydrogen) atoms. The second-order valence-electron chi connectivity index (χ2n) is 3.39. The zero-order chi connectivity index (χ0) is 12.7. The van der Waals surface area contributed by atoms with Crippen molar-refractivity contribution in [2.24, 2.45) is 0 Å². The van der Waals surface area contributed by atoms with Crippen LogP contribution in [0.25, 0.3) is 0 Å². The van der Waals surface area contributed by atoms with E-state index in [9.17, 15) is 14.5 Å². The summed E-state index contributed by atoms with van der Waals surface area (Å²) in [5.41, 5.74) is 1.23. The van der Waals surface area contributed by atoms with Gasteiger partial charge in [-0.25, -0.2) is 4.39 Å². The quantitative estimate of drug-likeness (QED) is 0.556. The van der Waals surface area contributed by atoms with Crippen LogP contribution in [0.15, 0.2) is 54.6 Å². The van der Waals surface area contributed by atoms with Gasteiger partial charge in [0, 0.05) is 12.1 Å². The number of halogens is 1. The van der Waals surface area contributed by atoms with Gasteiger partial charge in [0.2, 0.25) is 0 Å². The molecule has 4 heteroatoms. The second kappa shape index (κ2) is 6.37. The molecule has 0 aliphatic rings. The Hall–Kier alpha value is -2.23. The lowest BCUT2D eigenvalue weighted by Crippen LogP contribution is -1.86. The highest BCUT2D eigenvalue weighted by Gasteiger charge is 2.01. The van der Waals surface area contributed by atoms with Crippen LogP contribution in [-0.2, 0) is 0 Å². The third-order valence-corrected chi connectivity index (χ3v) is 1.98. The van der Waals surface area contributed by atoms with Gasteiger partial charge >= 0.3 is 0 Å². The molecule has 0 unspecified atom stereocenters. The Morgan fingerprint density at radius 1 is 1.00 bits per heavy atom. The van der Waals surface area contributed by atoms with Gasteiger partial charge < -0.3 is 0 Å². The Bertz CT molecular complexity index is 469. The first-order valence-corrected chi connectivity index (χ1v) is 5.01. The van der Waals surface area contributed by atoms with E-state index in [1.165, 1.54) is 5.56 Å². The van der Waals surface area contributed by atoms with Gasteiger partial charge in [-0.2, -0.15) is 0 Å². The third kappa shape index (κ3) is 4.88. The summed E-state index contributed by atoms with van der Waals surface area (Å²) in [6.45, 7) is 2.08. The predicted octanol–water partition coefficient (Wildman–Crippen LogP) is 3.73. The Morgan fingerprint density at radius 3 is 1.88 bits per heavy atom. The first-order valence-electron chi connectivity index (χ1n) is 5.01. The summed E-state index contributed by atoms with van der Waals surface area (Å²) in [7, 11) is 0. The Labute approximate surface area is 98.7 Å². The van der Waals surface area contributed by atoms with Gasteiger partial charge in [0.1, 0.15) is 5.82 Å². The number of aryl methyl sites for hydroxylation is 1. The average molecular weight is 233 g/mol. The second-order valence-corrected chi connectivity index (χ2v) is 3.39. The molecule has 0 amide bonds. The highest BCUT2D eigenvalue weighted by molar-refractivity contribution is 5.28. The lowest BCUT2D eigenvalue weighted by atomic mass is 10.2. The standard InChI is InChI=1S/C7H8.C6H4FNO2/c1-7-5-3-2-4-6-7;7-5-1-3-6(4-2-5)8(9)10/h2-6H,1H3;1-4H. The summed E-state index contributed by atoms with van der Waals surface area (Å²) in [5, 5.41) is 10.00. The highest BCUT2D eigenvalue weighted by atomic mass is 19.1. The van der Waals surface area contributed by atoms with Crippen molar-refractivity contribution in [1.82, 2.24) is 0 Å². The number of rotatable bonds is 1. The maximum atomic E-state index is 12.1. The number of hydrogen-bond donors (Lipinski definition) is 0. The Kier molecular flexibility index (Phi) is 4.81. The van der Waals surface area contributed by atoms with Crippen LogP contribution >= 0.6 is 0 Å². The van der Waals surface area contributed by atoms with Crippen molar-refractivity contribution in [3.05, 3.63) is 76.1 Å². The molecule has 0 N–H and O–H groups in total. The van der Waals surface area contributed by atoms with Gasteiger partial charge in [0.05, 0.1) is 4.92 Å². The predicted molar refractivity (Wildman–Crippen MR) is 64.2 cm³/mol. The van der Waals surface area contributed by atoms with Crippen molar-refractivity contribution in [2.75, 3.05) is 0 Å². The van der Waals surface area contributed by atoms with E-state index >= 15 is 0 Å². The third-order valence-electron chi connectivity index (χ3n) is 1.98. The molecule has 0 saturated carbocycles. The zero-order valence-electron chi connectivity index (χ0n) is 9.34. The summed E-state index contributed by atoms with van der Waals surface area (Å²) in [6, 6.07) is 14.6. The summed E-state index contributed by atoms with van der Waals surface area (Å²) >= 11 is 0. The van der Waals surface area contributed by atoms with E-state index in [4.69, 9.17) is 0 Å². The molecule has 0 spiro atoms. The molecule has 88 valence electrons. The van der Waals surface area contributed by atoms with E-state index < -0.39 is 10.7 Å². The molecule has 0 aliphatic heterocycles. The minimum atomic E-state index is -0.570. The first-order chi connectivity index (χ1) is 8.09. The molecule has 2 aromatic carbocycles. The molecule has 0 saturated heterocycles. The van der Waals surface area contributed by atoms with Crippen molar-refractivity contribution >= 4 is 5.69 Å². The minimum absolute atomic E-state index is 0.0959. The number of hydrogen-bond acceptors (Lipinski definition) is 2. The van der Waals surface area contributed by atoms with Crippen molar-refractivity contribution in [2.45, 2.75) is 6.92 Å². The van der Waals surface area contributed by atoms with Gasteiger partial charge in [-0.05, 0) is 19.1 Å². The monoisotopic (exact) mass is 233 g/mol. The van der Waals surface area contributed by atoms with Gasteiger partial charge in [0.25, 0.3) is 5.69 Å². The van der Waals surface area contributed by atoms with Gasteiger partial charge in [-0.3, -0.25) is 10.1 Å². The van der Waals surface area contributed by atoms with Crippen LogP contribution in [0.2, 0.25) is 0 Å². The van der Waals surface area contributed by atoms with Crippen molar-refractivity contribution in [3.8, 4) is 0 Å². The fraction of sp³-hybridized carbons (Fsp3) is 0.0769. The smallest absolute Gasteiger partial charge is 0.258 e. The molecule has 0 heterocycles. The van der Waals surface area contributed by atoms with Crippen LogP contribution < -0.4 is 0 Å². The summed E-state index contributed by atoms with van der Waals surface area (Å²) in [6.07, 6.45) is 0. The number of nitro benzene ring substituents is 1. The van der Waals surface area contributed by atoms with Crippen LogP contribution in [0.4, 0.5) is 10.1 Å². The molecule has 0 fully saturated rings. The van der Waals surface area contributed by atoms with E-state index in [1.54, 1.807) is 0 Å². The van der Waals surface area contributed by atoms with Gasteiger partial charge in [0.15, 0.2) is 0 Å². The van der Waals surface area contributed by atoms with Crippen molar-refractivity contribution < 1.29 is 9.31 Å². The number of benzene rings is 2. The first kappa shape index (κ1) is 12.8. The van der Waals surface area contributed by atoms with Crippen LogP contribution in [0.3, 0.4) is 0 Å².